The summed E-state index contributed by atoms with van der Waals surface area (Å²) < 4.78 is 5.47. The van der Waals surface area contributed by atoms with E-state index in [4.69, 9.17) is 9.84 Å². The van der Waals surface area contributed by atoms with Gasteiger partial charge in [0.25, 0.3) is 0 Å². The van der Waals surface area contributed by atoms with Crippen molar-refractivity contribution in [3.63, 3.8) is 0 Å². The van der Waals surface area contributed by atoms with Gasteiger partial charge in [-0.3, -0.25) is 0 Å². The molecule has 0 fully saturated rings. The quantitative estimate of drug-likeness (QED) is 0.614. The van der Waals surface area contributed by atoms with Crippen molar-refractivity contribution in [1.29, 1.82) is 0 Å². The third kappa shape index (κ3) is 6.49. The molecule has 3 N–H and O–H groups in total. The summed E-state index contributed by atoms with van der Waals surface area (Å²) in [5, 5.41) is 24.2. The van der Waals surface area contributed by atoms with Crippen molar-refractivity contribution in [1.82, 2.24) is 5.32 Å². The third-order valence-electron chi connectivity index (χ3n) is 3.34. The summed E-state index contributed by atoms with van der Waals surface area (Å²) in [5.41, 5.74) is -0.122. The molecule has 19 heavy (non-hydrogen) atoms. The lowest BCUT2D eigenvalue weighted by Crippen LogP contribution is -2.46. The molecule has 0 radical (unpaired) electrons. The molecule has 5 heteroatoms. The Labute approximate surface area is 119 Å². The first-order valence-electron chi connectivity index (χ1n) is 6.73. The summed E-state index contributed by atoms with van der Waals surface area (Å²) in [6.45, 7) is 5.64. The number of hydrogen-bond donors (Lipinski definition) is 3. The lowest BCUT2D eigenvalue weighted by molar-refractivity contribution is 0.0251. The van der Waals surface area contributed by atoms with Crippen LogP contribution in [0.4, 0.5) is 0 Å². The summed E-state index contributed by atoms with van der Waals surface area (Å²) in [6, 6.07) is 4.01. The summed E-state index contributed by atoms with van der Waals surface area (Å²) in [4.78, 5) is 1.17. The molecule has 0 saturated carbocycles. The normalized spacial score (nSPS) is 16.2. The molecule has 2 unspecified atom stereocenters. The van der Waals surface area contributed by atoms with Crippen LogP contribution in [0, 0.1) is 0 Å². The van der Waals surface area contributed by atoms with E-state index in [9.17, 15) is 5.11 Å². The lowest BCUT2D eigenvalue weighted by atomic mass is 9.95. The van der Waals surface area contributed by atoms with E-state index < -0.39 is 6.10 Å². The number of β-amino-alcohol motifs (C(OH)–C–C–N with tert-alkyl or cyclic N) is 1. The minimum atomic E-state index is -0.524. The van der Waals surface area contributed by atoms with Gasteiger partial charge >= 0.3 is 0 Å². The monoisotopic (exact) mass is 287 g/mol. The van der Waals surface area contributed by atoms with Crippen molar-refractivity contribution in [2.45, 2.75) is 44.9 Å². The molecule has 1 aromatic heterocycles. The third-order valence-corrected chi connectivity index (χ3v) is 4.19. The van der Waals surface area contributed by atoms with Gasteiger partial charge in [-0.1, -0.05) is 13.0 Å². The summed E-state index contributed by atoms with van der Waals surface area (Å²) in [6.07, 6.45) is 1.08. The Morgan fingerprint density at radius 3 is 2.89 bits per heavy atom. The maximum Gasteiger partial charge on any atom is 0.0898 e. The molecule has 2 atom stereocenters. The first-order valence-corrected chi connectivity index (χ1v) is 7.61. The maximum absolute atomic E-state index is 9.86. The number of hydrogen-bond acceptors (Lipinski definition) is 5. The second-order valence-electron chi connectivity index (χ2n) is 5.02. The molecule has 4 nitrogen and oxygen atoms in total. The number of aliphatic hydroxyl groups excluding tert-OH is 2. The number of nitrogens with one attached hydrogen (secondary N) is 1. The molecule has 0 bridgehead atoms. The fourth-order valence-corrected chi connectivity index (χ4v) is 2.39. The van der Waals surface area contributed by atoms with Crippen LogP contribution in [0.25, 0.3) is 0 Å². The molecule has 1 aromatic rings. The Bertz CT molecular complexity index is 331. The smallest absolute Gasteiger partial charge is 0.0898 e. The maximum atomic E-state index is 9.86. The molecular formula is C14H25NO3S. The molecule has 0 spiro atoms. The SMILES string of the molecule is CCC(C)(CCO)NCC(O)COCc1cccs1. The highest BCUT2D eigenvalue weighted by Crippen LogP contribution is 2.13. The van der Waals surface area contributed by atoms with Crippen LogP contribution in [0.2, 0.25) is 0 Å². The van der Waals surface area contributed by atoms with Gasteiger partial charge in [0.05, 0.1) is 19.3 Å². The Kier molecular flexibility index (Phi) is 7.56. The molecular weight excluding hydrogens is 262 g/mol. The van der Waals surface area contributed by atoms with E-state index in [-0.39, 0.29) is 12.1 Å². The average Bonchev–Trinajstić information content (AvgIpc) is 2.90. The predicted molar refractivity (Wildman–Crippen MR) is 78.4 cm³/mol. The van der Waals surface area contributed by atoms with Crippen molar-refractivity contribution >= 4 is 11.3 Å². The van der Waals surface area contributed by atoms with Gasteiger partial charge < -0.3 is 20.3 Å². The van der Waals surface area contributed by atoms with Crippen molar-refractivity contribution in [3.8, 4) is 0 Å². The van der Waals surface area contributed by atoms with Crippen LogP contribution in [0.3, 0.4) is 0 Å². The Morgan fingerprint density at radius 1 is 1.53 bits per heavy atom. The minimum absolute atomic E-state index is 0.122. The van der Waals surface area contributed by atoms with Crippen LogP contribution in [-0.4, -0.2) is 41.6 Å². The van der Waals surface area contributed by atoms with E-state index in [0.29, 0.717) is 26.2 Å². The van der Waals surface area contributed by atoms with Gasteiger partial charge in [-0.15, -0.1) is 11.3 Å². The zero-order valence-electron chi connectivity index (χ0n) is 11.8. The zero-order chi connectivity index (χ0) is 14.1. The van der Waals surface area contributed by atoms with Crippen molar-refractivity contribution in [2.24, 2.45) is 0 Å². The number of aliphatic hydroxyl groups is 2. The van der Waals surface area contributed by atoms with Crippen molar-refractivity contribution < 1.29 is 14.9 Å². The minimum Gasteiger partial charge on any atom is -0.396 e. The van der Waals surface area contributed by atoms with E-state index >= 15 is 0 Å². The van der Waals surface area contributed by atoms with Gasteiger partial charge in [-0.05, 0) is 31.2 Å². The first-order chi connectivity index (χ1) is 9.09. The Hall–Kier alpha value is -0.460. The van der Waals surface area contributed by atoms with Crippen LogP contribution in [0.5, 0.6) is 0 Å². The van der Waals surface area contributed by atoms with Gasteiger partial charge in [0, 0.05) is 23.6 Å². The van der Waals surface area contributed by atoms with E-state index in [1.54, 1.807) is 11.3 Å². The second kappa shape index (κ2) is 8.66. The largest absolute Gasteiger partial charge is 0.396 e. The second-order valence-corrected chi connectivity index (χ2v) is 6.05. The molecule has 0 saturated heterocycles. The molecule has 0 amide bonds. The van der Waals surface area contributed by atoms with E-state index in [1.165, 1.54) is 4.88 Å². The predicted octanol–water partition coefficient (Wildman–Crippen LogP) is 1.77. The molecule has 0 aliphatic carbocycles. The number of thiophene rings is 1. The average molecular weight is 287 g/mol. The van der Waals surface area contributed by atoms with Crippen molar-refractivity contribution in [2.75, 3.05) is 19.8 Å². The highest BCUT2D eigenvalue weighted by molar-refractivity contribution is 7.09. The fourth-order valence-electron chi connectivity index (χ4n) is 1.75. The molecule has 0 aliphatic heterocycles. The van der Waals surface area contributed by atoms with Gasteiger partial charge in [0.1, 0.15) is 0 Å². The Morgan fingerprint density at radius 2 is 2.32 bits per heavy atom. The summed E-state index contributed by atoms with van der Waals surface area (Å²) in [5.74, 6) is 0. The van der Waals surface area contributed by atoms with Gasteiger partial charge in [-0.25, -0.2) is 0 Å². The zero-order valence-corrected chi connectivity index (χ0v) is 12.6. The van der Waals surface area contributed by atoms with Crippen LogP contribution in [0.1, 0.15) is 31.6 Å². The van der Waals surface area contributed by atoms with Crippen LogP contribution in [-0.2, 0) is 11.3 Å². The topological polar surface area (TPSA) is 61.7 Å². The van der Waals surface area contributed by atoms with E-state index in [1.807, 2.05) is 17.5 Å². The molecule has 1 rings (SSSR count). The molecule has 0 aromatic carbocycles. The molecule has 1 heterocycles. The molecule has 0 aliphatic rings. The van der Waals surface area contributed by atoms with Gasteiger partial charge in [0.15, 0.2) is 0 Å². The van der Waals surface area contributed by atoms with Crippen LogP contribution in [0.15, 0.2) is 17.5 Å². The number of rotatable bonds is 10. The highest BCUT2D eigenvalue weighted by Gasteiger charge is 2.21. The lowest BCUT2D eigenvalue weighted by Gasteiger charge is -2.30. The standard InChI is InChI=1S/C14H25NO3S/c1-3-14(2,6-7-16)15-9-12(17)10-18-11-13-5-4-8-19-13/h4-5,8,12,15-17H,3,6-7,9-11H2,1-2H3. The van der Waals surface area contributed by atoms with E-state index in [0.717, 1.165) is 6.42 Å². The fraction of sp³-hybridized carbons (Fsp3) is 0.714. The van der Waals surface area contributed by atoms with E-state index in [2.05, 4.69) is 19.2 Å². The summed E-state index contributed by atoms with van der Waals surface area (Å²) >= 11 is 1.65. The van der Waals surface area contributed by atoms with Crippen molar-refractivity contribution in [3.05, 3.63) is 22.4 Å². The summed E-state index contributed by atoms with van der Waals surface area (Å²) in [7, 11) is 0. The number of ether oxygens (including phenoxy) is 1. The Balaban J connectivity index is 2.18. The van der Waals surface area contributed by atoms with Crippen LogP contribution < -0.4 is 5.32 Å². The first kappa shape index (κ1) is 16.6. The van der Waals surface area contributed by atoms with Gasteiger partial charge in [-0.2, -0.15) is 0 Å². The highest BCUT2D eigenvalue weighted by atomic mass is 32.1. The van der Waals surface area contributed by atoms with Gasteiger partial charge in [0.2, 0.25) is 0 Å². The van der Waals surface area contributed by atoms with Crippen LogP contribution >= 0.6 is 11.3 Å². The molecule has 110 valence electrons.